The highest BCUT2D eigenvalue weighted by molar-refractivity contribution is 6.43. The van der Waals surface area contributed by atoms with Crippen LogP contribution in [0.1, 0.15) is 80.1 Å². The van der Waals surface area contributed by atoms with Crippen LogP contribution in [0.15, 0.2) is 10.3 Å². The fraction of sp³-hybridized carbons (Fsp3) is 0.909. The maximum atomic E-state index is 9.98. The second-order valence-electron chi connectivity index (χ2n) is 9.84. The van der Waals surface area contributed by atoms with E-state index < -0.39 is 0 Å². The molecule has 2 rings (SSSR count). The first-order valence-electron chi connectivity index (χ1n) is 10.7. The number of hydrogen-bond donors (Lipinski definition) is 2. The summed E-state index contributed by atoms with van der Waals surface area (Å²) >= 11 is 0. The van der Waals surface area contributed by atoms with Gasteiger partial charge in [-0.25, -0.2) is 0 Å². The Labute approximate surface area is 160 Å². The van der Waals surface area contributed by atoms with E-state index in [0.717, 1.165) is 25.7 Å². The maximum absolute atomic E-state index is 9.98. The van der Waals surface area contributed by atoms with Gasteiger partial charge in [-0.3, -0.25) is 0 Å². The van der Waals surface area contributed by atoms with Gasteiger partial charge in [0.2, 0.25) is 0 Å². The predicted molar refractivity (Wildman–Crippen MR) is 108 cm³/mol. The van der Waals surface area contributed by atoms with Crippen LogP contribution in [0.3, 0.4) is 0 Å². The van der Waals surface area contributed by atoms with Gasteiger partial charge in [0.15, 0.2) is 0 Å². The molecule has 0 bridgehead atoms. The molecule has 0 aliphatic heterocycles. The first-order chi connectivity index (χ1) is 12.3. The number of oxime groups is 2. The summed E-state index contributed by atoms with van der Waals surface area (Å²) < 4.78 is 0. The third-order valence-corrected chi connectivity index (χ3v) is 7.22. The zero-order valence-corrected chi connectivity index (χ0v) is 17.7. The topological polar surface area (TPSA) is 65.2 Å². The van der Waals surface area contributed by atoms with Crippen molar-refractivity contribution < 1.29 is 10.4 Å². The van der Waals surface area contributed by atoms with Gasteiger partial charge in [0.05, 0.1) is 0 Å². The van der Waals surface area contributed by atoms with Crippen LogP contribution < -0.4 is 0 Å². The summed E-state index contributed by atoms with van der Waals surface area (Å²) in [6, 6.07) is 0. The molecule has 6 unspecified atom stereocenters. The molecule has 26 heavy (non-hydrogen) atoms. The summed E-state index contributed by atoms with van der Waals surface area (Å²) in [5, 5.41) is 27.5. The lowest BCUT2D eigenvalue weighted by molar-refractivity contribution is 0.177. The molecule has 0 radical (unpaired) electrons. The third-order valence-electron chi connectivity index (χ3n) is 7.22. The Morgan fingerprint density at radius 2 is 1.04 bits per heavy atom. The van der Waals surface area contributed by atoms with Crippen molar-refractivity contribution in [3.05, 3.63) is 0 Å². The Morgan fingerprint density at radius 3 is 1.31 bits per heavy atom. The molecule has 0 aromatic carbocycles. The van der Waals surface area contributed by atoms with Crippen LogP contribution in [0.5, 0.6) is 0 Å². The van der Waals surface area contributed by atoms with Crippen molar-refractivity contribution in [2.45, 2.75) is 80.1 Å². The van der Waals surface area contributed by atoms with Gasteiger partial charge in [-0.1, -0.05) is 64.7 Å². The summed E-state index contributed by atoms with van der Waals surface area (Å²) in [7, 11) is 0. The smallest absolute Gasteiger partial charge is 0.108 e. The lowest BCUT2D eigenvalue weighted by atomic mass is 9.63. The average Bonchev–Trinajstić information content (AvgIpc) is 2.58. The van der Waals surface area contributed by atoms with E-state index in [1.807, 2.05) is 0 Å². The van der Waals surface area contributed by atoms with Crippen molar-refractivity contribution >= 4 is 11.4 Å². The minimum Gasteiger partial charge on any atom is -0.411 e. The molecule has 6 atom stereocenters. The van der Waals surface area contributed by atoms with Gasteiger partial charge in [-0.15, -0.1) is 0 Å². The third kappa shape index (κ3) is 4.61. The highest BCUT2D eigenvalue weighted by atomic mass is 16.4. The van der Waals surface area contributed by atoms with E-state index >= 15 is 0 Å². The zero-order chi connectivity index (χ0) is 19.4. The Morgan fingerprint density at radius 1 is 0.692 bits per heavy atom. The summed E-state index contributed by atoms with van der Waals surface area (Å²) in [5.74, 6) is 3.69. The van der Waals surface area contributed by atoms with E-state index in [0.29, 0.717) is 46.9 Å². The van der Waals surface area contributed by atoms with E-state index in [9.17, 15) is 10.4 Å². The minimum absolute atomic E-state index is 0.194. The van der Waals surface area contributed by atoms with Crippen molar-refractivity contribution in [1.29, 1.82) is 0 Å². The van der Waals surface area contributed by atoms with Gasteiger partial charge in [-0.2, -0.15) is 0 Å². The fourth-order valence-electron chi connectivity index (χ4n) is 5.66. The Kier molecular flexibility index (Phi) is 7.54. The predicted octanol–water partition coefficient (Wildman–Crippen LogP) is 6.06. The minimum atomic E-state index is 0.194. The maximum Gasteiger partial charge on any atom is 0.108 e. The molecule has 0 aromatic heterocycles. The first-order valence-corrected chi connectivity index (χ1v) is 10.7. The second kappa shape index (κ2) is 9.23. The van der Waals surface area contributed by atoms with Crippen LogP contribution in [-0.4, -0.2) is 21.8 Å². The monoisotopic (exact) mass is 364 g/mol. The van der Waals surface area contributed by atoms with Crippen LogP contribution >= 0.6 is 0 Å². The summed E-state index contributed by atoms with van der Waals surface area (Å²) in [6.45, 7) is 13.6. The van der Waals surface area contributed by atoms with Crippen LogP contribution in [0.4, 0.5) is 0 Å². The van der Waals surface area contributed by atoms with Gasteiger partial charge in [0.25, 0.3) is 0 Å². The molecule has 150 valence electrons. The second-order valence-corrected chi connectivity index (χ2v) is 9.84. The van der Waals surface area contributed by atoms with Crippen molar-refractivity contribution in [3.63, 3.8) is 0 Å². The van der Waals surface area contributed by atoms with E-state index in [-0.39, 0.29) is 11.8 Å². The molecule has 0 heterocycles. The number of rotatable bonds is 5. The molecule has 2 saturated carbocycles. The molecular formula is C22H40N2O2. The lowest BCUT2D eigenvalue weighted by Gasteiger charge is -2.41. The van der Waals surface area contributed by atoms with Gasteiger partial charge in [0.1, 0.15) is 11.4 Å². The summed E-state index contributed by atoms with van der Waals surface area (Å²) in [6.07, 6.45) is 6.84. The molecule has 2 aliphatic carbocycles. The van der Waals surface area contributed by atoms with E-state index in [1.54, 1.807) is 0 Å². The Hall–Kier alpha value is -1.06. The highest BCUT2D eigenvalue weighted by Gasteiger charge is 2.42. The molecule has 4 nitrogen and oxygen atoms in total. The van der Waals surface area contributed by atoms with Crippen molar-refractivity contribution in [1.82, 2.24) is 0 Å². The average molecular weight is 365 g/mol. The largest absolute Gasteiger partial charge is 0.411 e. The van der Waals surface area contributed by atoms with Crippen molar-refractivity contribution in [2.75, 3.05) is 0 Å². The van der Waals surface area contributed by atoms with E-state index in [4.69, 9.17) is 0 Å². The van der Waals surface area contributed by atoms with Crippen molar-refractivity contribution in [2.24, 2.45) is 57.7 Å². The fourth-order valence-corrected chi connectivity index (χ4v) is 5.66. The van der Waals surface area contributed by atoms with Crippen molar-refractivity contribution in [3.8, 4) is 0 Å². The van der Waals surface area contributed by atoms with Gasteiger partial charge in [-0.05, 0) is 61.2 Å². The van der Waals surface area contributed by atoms with Crippen LogP contribution in [0.25, 0.3) is 0 Å². The van der Waals surface area contributed by atoms with Crippen LogP contribution in [0, 0.1) is 47.3 Å². The summed E-state index contributed by atoms with van der Waals surface area (Å²) in [5.41, 5.74) is 1.34. The molecule has 0 aromatic rings. The Bertz CT molecular complexity index is 466. The highest BCUT2D eigenvalue weighted by Crippen LogP contribution is 2.43. The molecule has 2 aliphatic rings. The quantitative estimate of drug-likeness (QED) is 0.353. The molecule has 0 saturated heterocycles. The van der Waals surface area contributed by atoms with E-state index in [1.165, 1.54) is 12.8 Å². The summed E-state index contributed by atoms with van der Waals surface area (Å²) in [4.78, 5) is 0. The first kappa shape index (κ1) is 21.2. The molecule has 2 fully saturated rings. The van der Waals surface area contributed by atoms with E-state index in [2.05, 4.69) is 51.9 Å². The van der Waals surface area contributed by atoms with Crippen LogP contribution in [-0.2, 0) is 0 Å². The lowest BCUT2D eigenvalue weighted by Crippen LogP contribution is -2.43. The van der Waals surface area contributed by atoms with Crippen LogP contribution in [0.2, 0.25) is 0 Å². The van der Waals surface area contributed by atoms with Gasteiger partial charge >= 0.3 is 0 Å². The Balaban J connectivity index is 2.35. The molecule has 0 spiro atoms. The molecule has 4 heteroatoms. The normalized spacial score (nSPS) is 37.4. The van der Waals surface area contributed by atoms with Gasteiger partial charge < -0.3 is 10.4 Å². The number of hydrogen-bond acceptors (Lipinski definition) is 4. The molecule has 2 N–H and O–H groups in total. The molecule has 0 amide bonds. The molecular weight excluding hydrogens is 324 g/mol. The zero-order valence-electron chi connectivity index (χ0n) is 17.7. The van der Waals surface area contributed by atoms with Gasteiger partial charge in [0, 0.05) is 11.8 Å². The number of nitrogens with zero attached hydrogens (tertiary/aromatic N) is 2. The SMILES string of the molecule is CC1CCC(C(C)C)C(C(=N/O)/C(=N\O)C2CC(C)CCC2C(C)C)C1. The standard InChI is InChI=1S/C22H40N2O2/c1-13(2)17-9-7-15(5)11-19(17)21(23-25)22(24-26)20-12-16(6)8-10-18(20)14(3)4/h13-20,25-26H,7-12H2,1-6H3/b23-21-,24-22-.